The van der Waals surface area contributed by atoms with Crippen molar-refractivity contribution in [2.24, 2.45) is 0 Å². The van der Waals surface area contributed by atoms with Crippen molar-refractivity contribution in [3.63, 3.8) is 0 Å². The Morgan fingerprint density at radius 1 is 1.50 bits per heavy atom. The minimum Gasteiger partial charge on any atom is -0.306 e. The van der Waals surface area contributed by atoms with E-state index in [1.54, 1.807) is 0 Å². The summed E-state index contributed by atoms with van der Waals surface area (Å²) in [7, 11) is 0. The van der Waals surface area contributed by atoms with Crippen molar-refractivity contribution in [2.45, 2.75) is 6.18 Å². The molecule has 0 saturated carbocycles. The zero-order valence-corrected chi connectivity index (χ0v) is 5.33. The third-order valence-corrected chi connectivity index (χ3v) is 1.08. The topological polar surface area (TPSA) is 54.4 Å². The average molecular weight is 176 g/mol. The zero-order chi connectivity index (χ0) is 8.36. The van der Waals surface area contributed by atoms with Gasteiger partial charge in [0.2, 0.25) is 0 Å². The molecular formula is C3H3F3O3S. The van der Waals surface area contributed by atoms with Crippen LogP contribution in [0, 0.1) is 0 Å². The van der Waals surface area contributed by atoms with Gasteiger partial charge in [0.05, 0.1) is 0 Å². The normalized spacial score (nSPS) is 14.8. The first-order valence-electron chi connectivity index (χ1n) is 2.01. The molecule has 0 heterocycles. The number of hydrogen-bond acceptors (Lipinski definition) is 2. The average Bonchev–Trinajstić information content (AvgIpc) is 1.60. The summed E-state index contributed by atoms with van der Waals surface area (Å²) in [4.78, 5) is 9.80. The Labute approximate surface area is 56.5 Å². The maximum absolute atomic E-state index is 11.2. The van der Waals surface area contributed by atoms with Crippen LogP contribution in [0.4, 0.5) is 13.2 Å². The van der Waals surface area contributed by atoms with Crippen LogP contribution in [0.2, 0.25) is 0 Å². The van der Waals surface area contributed by atoms with Crippen LogP contribution in [0.3, 0.4) is 0 Å². The highest BCUT2D eigenvalue weighted by molar-refractivity contribution is 7.80. The van der Waals surface area contributed by atoms with E-state index in [0.717, 1.165) is 0 Å². The Morgan fingerprint density at radius 2 is 1.90 bits per heavy atom. The molecule has 0 bridgehead atoms. The van der Waals surface area contributed by atoms with E-state index in [2.05, 4.69) is 0 Å². The Bertz CT molecular complexity index is 163. The number of alkyl halides is 3. The van der Waals surface area contributed by atoms with E-state index in [0.29, 0.717) is 0 Å². The molecule has 1 atom stereocenters. The molecule has 0 radical (unpaired) electrons. The lowest BCUT2D eigenvalue weighted by atomic mass is 10.4. The maximum atomic E-state index is 11.2. The minimum absolute atomic E-state index is 1.39. The summed E-state index contributed by atoms with van der Waals surface area (Å²) in [6.45, 7) is 0. The highest BCUT2D eigenvalue weighted by Crippen LogP contribution is 2.15. The summed E-state index contributed by atoms with van der Waals surface area (Å²) < 4.78 is 51.1. The zero-order valence-electron chi connectivity index (χ0n) is 4.51. The standard InChI is InChI=1S/C3H3F3O3S/c4-3(5,6)2(7)1-10(8)9/h1H2,(H,8,9). The summed E-state index contributed by atoms with van der Waals surface area (Å²) in [5, 5.41) is 0. The number of carbonyl (C=O) groups is 1. The molecule has 1 unspecified atom stereocenters. The molecule has 0 aliphatic carbocycles. The largest absolute Gasteiger partial charge is 0.451 e. The minimum atomic E-state index is -5.00. The second kappa shape index (κ2) is 3.11. The molecule has 1 N–H and O–H groups in total. The van der Waals surface area contributed by atoms with Gasteiger partial charge in [-0.25, -0.2) is 4.21 Å². The van der Waals surface area contributed by atoms with Crippen molar-refractivity contribution < 1.29 is 26.7 Å². The lowest BCUT2D eigenvalue weighted by Gasteiger charge is -2.00. The van der Waals surface area contributed by atoms with Gasteiger partial charge < -0.3 is 4.55 Å². The SMILES string of the molecule is O=C(CS(=O)O)C(F)(F)F. The van der Waals surface area contributed by atoms with E-state index in [4.69, 9.17) is 4.55 Å². The number of carbonyl (C=O) groups excluding carboxylic acids is 1. The van der Waals surface area contributed by atoms with Crippen LogP contribution in [0.15, 0.2) is 0 Å². The summed E-state index contributed by atoms with van der Waals surface area (Å²) in [5.74, 6) is -3.57. The van der Waals surface area contributed by atoms with Crippen LogP contribution in [0.25, 0.3) is 0 Å². The molecule has 60 valence electrons. The molecule has 0 rings (SSSR count). The Hall–Kier alpha value is -0.430. The van der Waals surface area contributed by atoms with E-state index < -0.39 is 28.8 Å². The van der Waals surface area contributed by atoms with Crippen LogP contribution in [-0.2, 0) is 15.9 Å². The summed E-state index contributed by atoms with van der Waals surface area (Å²) in [5.41, 5.74) is 0. The number of Topliss-reactive ketones (excluding diaryl/α,β-unsaturated/α-hetero) is 1. The first-order chi connectivity index (χ1) is 4.34. The van der Waals surface area contributed by atoms with Crippen molar-refractivity contribution in [1.82, 2.24) is 0 Å². The van der Waals surface area contributed by atoms with E-state index in [9.17, 15) is 22.2 Å². The van der Waals surface area contributed by atoms with Gasteiger partial charge >= 0.3 is 6.18 Å². The highest BCUT2D eigenvalue weighted by Gasteiger charge is 2.38. The molecule has 3 nitrogen and oxygen atoms in total. The molecule has 0 aromatic heterocycles. The van der Waals surface area contributed by atoms with E-state index in [1.165, 1.54) is 0 Å². The maximum Gasteiger partial charge on any atom is 0.451 e. The van der Waals surface area contributed by atoms with Gasteiger partial charge in [-0.1, -0.05) is 0 Å². The fourth-order valence-corrected chi connectivity index (χ4v) is 0.582. The molecule has 0 aliphatic rings. The van der Waals surface area contributed by atoms with Crippen molar-refractivity contribution in [2.75, 3.05) is 5.75 Å². The van der Waals surface area contributed by atoms with E-state index in [1.807, 2.05) is 0 Å². The van der Waals surface area contributed by atoms with E-state index >= 15 is 0 Å². The lowest BCUT2D eigenvalue weighted by molar-refractivity contribution is -0.168. The smallest absolute Gasteiger partial charge is 0.306 e. The van der Waals surface area contributed by atoms with Gasteiger partial charge in [-0.05, 0) is 0 Å². The van der Waals surface area contributed by atoms with Crippen molar-refractivity contribution in [3.05, 3.63) is 0 Å². The summed E-state index contributed by atoms with van der Waals surface area (Å²) in [6, 6.07) is 0. The van der Waals surface area contributed by atoms with Gasteiger partial charge in [-0.3, -0.25) is 4.79 Å². The first kappa shape index (κ1) is 9.57. The van der Waals surface area contributed by atoms with Crippen LogP contribution in [-0.4, -0.2) is 26.5 Å². The van der Waals surface area contributed by atoms with Gasteiger partial charge in [-0.15, -0.1) is 0 Å². The molecule has 0 aromatic carbocycles. The molecule has 0 amide bonds. The van der Waals surface area contributed by atoms with Gasteiger partial charge in [-0.2, -0.15) is 13.2 Å². The molecule has 0 saturated heterocycles. The number of rotatable bonds is 2. The van der Waals surface area contributed by atoms with Crippen LogP contribution < -0.4 is 0 Å². The van der Waals surface area contributed by atoms with Gasteiger partial charge in [0, 0.05) is 0 Å². The molecule has 0 fully saturated rings. The Morgan fingerprint density at radius 3 is 2.00 bits per heavy atom. The molecular weight excluding hydrogens is 173 g/mol. The predicted octanol–water partition coefficient (Wildman–Crippen LogP) is 0.340. The monoisotopic (exact) mass is 176 g/mol. The molecule has 0 aliphatic heterocycles. The molecule has 0 aromatic rings. The van der Waals surface area contributed by atoms with Gasteiger partial charge in [0.1, 0.15) is 5.75 Å². The second-order valence-corrected chi connectivity index (χ2v) is 2.32. The molecule has 7 heteroatoms. The number of hydrogen-bond donors (Lipinski definition) is 1. The molecule has 0 spiro atoms. The van der Waals surface area contributed by atoms with Crippen LogP contribution >= 0.6 is 0 Å². The highest BCUT2D eigenvalue weighted by atomic mass is 32.2. The summed E-state index contributed by atoms with van der Waals surface area (Å²) >= 11 is -2.71. The van der Waals surface area contributed by atoms with Crippen LogP contribution in [0.1, 0.15) is 0 Å². The quantitative estimate of drug-likeness (QED) is 0.617. The molecule has 10 heavy (non-hydrogen) atoms. The third-order valence-electron chi connectivity index (χ3n) is 0.571. The fourth-order valence-electron chi connectivity index (χ4n) is 0.194. The Kier molecular flexibility index (Phi) is 2.97. The van der Waals surface area contributed by atoms with Crippen molar-refractivity contribution in [3.8, 4) is 0 Å². The first-order valence-corrected chi connectivity index (χ1v) is 3.29. The lowest BCUT2D eigenvalue weighted by Crippen LogP contribution is -2.27. The Balaban J connectivity index is 3.99. The number of ketones is 1. The summed E-state index contributed by atoms with van der Waals surface area (Å²) in [6.07, 6.45) is -5.00. The van der Waals surface area contributed by atoms with Crippen molar-refractivity contribution >= 4 is 16.9 Å². The fraction of sp³-hybridized carbons (Fsp3) is 0.667. The third kappa shape index (κ3) is 3.57. The second-order valence-electron chi connectivity index (χ2n) is 1.39. The van der Waals surface area contributed by atoms with Crippen molar-refractivity contribution in [1.29, 1.82) is 0 Å². The van der Waals surface area contributed by atoms with Crippen LogP contribution in [0.5, 0.6) is 0 Å². The van der Waals surface area contributed by atoms with Gasteiger partial charge in [0.25, 0.3) is 5.78 Å². The van der Waals surface area contributed by atoms with E-state index in [-0.39, 0.29) is 0 Å². The van der Waals surface area contributed by atoms with Gasteiger partial charge in [0.15, 0.2) is 11.1 Å². The number of halogens is 3. The predicted molar refractivity (Wildman–Crippen MR) is 26.7 cm³/mol.